The second-order valence-corrected chi connectivity index (χ2v) is 6.92. The highest BCUT2D eigenvalue weighted by Crippen LogP contribution is 2.29. The predicted molar refractivity (Wildman–Crippen MR) is 98.6 cm³/mol. The minimum atomic E-state index is -4.53. The van der Waals surface area contributed by atoms with Gasteiger partial charge in [0.05, 0.1) is 23.5 Å². The fraction of sp³-hybridized carbons (Fsp3) is 0.450. The summed E-state index contributed by atoms with van der Waals surface area (Å²) < 4.78 is 38.7. The van der Waals surface area contributed by atoms with Gasteiger partial charge in [0.1, 0.15) is 5.69 Å². The summed E-state index contributed by atoms with van der Waals surface area (Å²) in [7, 11) is 0. The third-order valence-electron chi connectivity index (χ3n) is 4.91. The lowest BCUT2D eigenvalue weighted by molar-refractivity contribution is -0.141. The van der Waals surface area contributed by atoms with Crippen molar-refractivity contribution in [3.63, 3.8) is 0 Å². The summed E-state index contributed by atoms with van der Waals surface area (Å²) in [5.74, 6) is -0.309. The number of aryl methyl sites for hydroxylation is 1. The molecule has 2 aromatic heterocycles. The third-order valence-corrected chi connectivity index (χ3v) is 4.91. The second kappa shape index (κ2) is 8.68. The van der Waals surface area contributed by atoms with Crippen LogP contribution in [0.15, 0.2) is 36.5 Å². The van der Waals surface area contributed by atoms with Gasteiger partial charge in [0.25, 0.3) is 5.91 Å². The fourth-order valence-corrected chi connectivity index (χ4v) is 3.44. The molecule has 0 aromatic carbocycles. The summed E-state index contributed by atoms with van der Waals surface area (Å²) in [5, 5.41) is 3.32. The Morgan fingerprint density at radius 1 is 1.21 bits per heavy atom. The third kappa shape index (κ3) is 4.86. The summed E-state index contributed by atoms with van der Waals surface area (Å²) >= 11 is 0. The average molecular weight is 392 g/mol. The molecule has 1 atom stereocenters. The number of hydrogen-bond acceptors (Lipinski definition) is 4. The summed E-state index contributed by atoms with van der Waals surface area (Å²) in [4.78, 5) is 23.0. The molecule has 0 spiro atoms. The lowest BCUT2D eigenvalue weighted by Gasteiger charge is -2.31. The molecule has 3 heterocycles. The second-order valence-electron chi connectivity index (χ2n) is 6.92. The van der Waals surface area contributed by atoms with Crippen LogP contribution in [0.1, 0.15) is 46.7 Å². The van der Waals surface area contributed by atoms with Crippen molar-refractivity contribution in [2.75, 3.05) is 13.1 Å². The minimum absolute atomic E-state index is 0.00815. The number of pyridine rings is 2. The highest BCUT2D eigenvalue weighted by molar-refractivity contribution is 5.95. The number of aromatic nitrogens is 2. The van der Waals surface area contributed by atoms with Crippen molar-refractivity contribution in [1.82, 2.24) is 20.2 Å². The van der Waals surface area contributed by atoms with Gasteiger partial charge in [-0.2, -0.15) is 13.2 Å². The molecule has 0 bridgehead atoms. The Labute approximate surface area is 162 Å². The van der Waals surface area contributed by atoms with Gasteiger partial charge in [-0.15, -0.1) is 0 Å². The van der Waals surface area contributed by atoms with E-state index in [0.29, 0.717) is 6.54 Å². The van der Waals surface area contributed by atoms with Crippen LogP contribution in [0, 0.1) is 6.92 Å². The highest BCUT2D eigenvalue weighted by Gasteiger charge is 2.34. The van der Waals surface area contributed by atoms with Gasteiger partial charge in [0.15, 0.2) is 0 Å². The number of carbonyl (C=O) groups excluding carboxylic acids is 1. The van der Waals surface area contributed by atoms with Gasteiger partial charge >= 0.3 is 6.18 Å². The lowest BCUT2D eigenvalue weighted by atomic mass is 10.0. The first kappa shape index (κ1) is 20.3. The number of halogens is 3. The van der Waals surface area contributed by atoms with Crippen molar-refractivity contribution in [3.8, 4) is 0 Å². The number of carbonyl (C=O) groups is 1. The SMILES string of the molecule is Cc1nc(C(F)(F)F)ccc1C(=O)N(Cc1ccccn1)C1CCCNCC1. The molecule has 1 saturated heterocycles. The summed E-state index contributed by atoms with van der Waals surface area (Å²) in [5.41, 5.74) is 0.0285. The Balaban J connectivity index is 1.91. The number of alkyl halides is 3. The Kier molecular flexibility index (Phi) is 6.28. The van der Waals surface area contributed by atoms with Crippen LogP contribution >= 0.6 is 0 Å². The van der Waals surface area contributed by atoms with Crippen molar-refractivity contribution in [3.05, 3.63) is 59.2 Å². The van der Waals surface area contributed by atoms with Crippen LogP contribution in [0.2, 0.25) is 0 Å². The summed E-state index contributed by atoms with van der Waals surface area (Å²) in [6.07, 6.45) is -0.324. The largest absolute Gasteiger partial charge is 0.433 e. The molecule has 1 fully saturated rings. The van der Waals surface area contributed by atoms with Gasteiger partial charge in [-0.05, 0) is 63.5 Å². The van der Waals surface area contributed by atoms with E-state index in [0.717, 1.165) is 44.1 Å². The van der Waals surface area contributed by atoms with E-state index >= 15 is 0 Å². The van der Waals surface area contributed by atoms with Gasteiger partial charge in [0, 0.05) is 12.2 Å². The number of nitrogens with one attached hydrogen (secondary N) is 1. The van der Waals surface area contributed by atoms with Crippen molar-refractivity contribution >= 4 is 5.91 Å². The maximum atomic E-state index is 13.3. The molecule has 0 saturated carbocycles. The number of nitrogens with zero attached hydrogens (tertiary/aromatic N) is 3. The number of hydrogen-bond donors (Lipinski definition) is 1. The first-order valence-corrected chi connectivity index (χ1v) is 9.32. The van der Waals surface area contributed by atoms with Gasteiger partial charge < -0.3 is 10.2 Å². The van der Waals surface area contributed by atoms with E-state index in [-0.39, 0.29) is 23.2 Å². The molecule has 1 aliphatic heterocycles. The number of amides is 1. The smallest absolute Gasteiger partial charge is 0.330 e. The van der Waals surface area contributed by atoms with Crippen LogP contribution < -0.4 is 5.32 Å². The normalized spacial score (nSPS) is 17.8. The molecule has 0 aliphatic carbocycles. The zero-order valence-electron chi connectivity index (χ0n) is 15.7. The average Bonchev–Trinajstić information content (AvgIpc) is 2.95. The van der Waals surface area contributed by atoms with Crippen molar-refractivity contribution in [1.29, 1.82) is 0 Å². The van der Waals surface area contributed by atoms with E-state index in [4.69, 9.17) is 0 Å². The van der Waals surface area contributed by atoms with Crippen LogP contribution in [-0.2, 0) is 12.7 Å². The maximum Gasteiger partial charge on any atom is 0.433 e. The molecule has 2 aromatic rings. The van der Waals surface area contributed by atoms with E-state index in [9.17, 15) is 18.0 Å². The molecule has 1 unspecified atom stereocenters. The Morgan fingerprint density at radius 3 is 2.71 bits per heavy atom. The fourth-order valence-electron chi connectivity index (χ4n) is 3.44. The zero-order valence-corrected chi connectivity index (χ0v) is 15.7. The topological polar surface area (TPSA) is 58.1 Å². The predicted octanol–water partition coefficient (Wildman–Crippen LogP) is 3.59. The lowest BCUT2D eigenvalue weighted by Crippen LogP contribution is -2.41. The first-order valence-electron chi connectivity index (χ1n) is 9.32. The molecule has 1 amide bonds. The van der Waals surface area contributed by atoms with Gasteiger partial charge in [-0.1, -0.05) is 6.07 Å². The molecule has 1 aliphatic rings. The standard InChI is InChI=1S/C20H23F3N4O/c1-14-17(7-8-18(26-14)20(21,22)23)19(28)27(13-15-5-2-3-11-25-15)16-6-4-10-24-12-9-16/h2-3,5,7-8,11,16,24H,4,6,9-10,12-13H2,1H3. The summed E-state index contributed by atoms with van der Waals surface area (Å²) in [6, 6.07) is 7.58. The zero-order chi connectivity index (χ0) is 20.1. The molecular formula is C20H23F3N4O. The van der Waals surface area contributed by atoms with E-state index in [1.54, 1.807) is 17.2 Å². The first-order chi connectivity index (χ1) is 13.4. The molecule has 8 heteroatoms. The Bertz CT molecular complexity index is 803. The molecule has 3 rings (SSSR count). The van der Waals surface area contributed by atoms with E-state index in [1.165, 1.54) is 13.0 Å². The molecule has 5 nitrogen and oxygen atoms in total. The van der Waals surface area contributed by atoms with Gasteiger partial charge in [-0.3, -0.25) is 9.78 Å². The quantitative estimate of drug-likeness (QED) is 0.864. The number of rotatable bonds is 4. The summed E-state index contributed by atoms with van der Waals surface area (Å²) in [6.45, 7) is 3.44. The highest BCUT2D eigenvalue weighted by atomic mass is 19.4. The van der Waals surface area contributed by atoms with Crippen molar-refractivity contribution < 1.29 is 18.0 Å². The van der Waals surface area contributed by atoms with Crippen LogP contribution in [0.3, 0.4) is 0 Å². The van der Waals surface area contributed by atoms with Crippen molar-refractivity contribution in [2.45, 2.75) is 44.9 Å². The Hall–Kier alpha value is -2.48. The molecule has 150 valence electrons. The van der Waals surface area contributed by atoms with E-state index < -0.39 is 11.9 Å². The maximum absolute atomic E-state index is 13.3. The van der Waals surface area contributed by atoms with Gasteiger partial charge in [0.2, 0.25) is 0 Å². The van der Waals surface area contributed by atoms with Crippen molar-refractivity contribution in [2.24, 2.45) is 0 Å². The van der Waals surface area contributed by atoms with E-state index in [1.807, 2.05) is 12.1 Å². The van der Waals surface area contributed by atoms with Crippen LogP contribution in [0.25, 0.3) is 0 Å². The Morgan fingerprint density at radius 2 is 2.04 bits per heavy atom. The van der Waals surface area contributed by atoms with Gasteiger partial charge in [-0.25, -0.2) is 4.98 Å². The molecule has 0 radical (unpaired) electrons. The van der Waals surface area contributed by atoms with Crippen LogP contribution in [0.5, 0.6) is 0 Å². The molecule has 28 heavy (non-hydrogen) atoms. The van der Waals surface area contributed by atoms with Crippen LogP contribution in [-0.4, -0.2) is 39.9 Å². The minimum Gasteiger partial charge on any atom is -0.330 e. The monoisotopic (exact) mass is 392 g/mol. The van der Waals surface area contributed by atoms with E-state index in [2.05, 4.69) is 15.3 Å². The molecule has 1 N–H and O–H groups in total. The van der Waals surface area contributed by atoms with Crippen LogP contribution in [0.4, 0.5) is 13.2 Å². The molecular weight excluding hydrogens is 369 g/mol.